The Morgan fingerprint density at radius 2 is 2.29 bits per heavy atom. The number of pyridine rings is 1. The zero-order valence-electron chi connectivity index (χ0n) is 7.68. The molecule has 1 N–H and O–H groups in total. The number of hydrogen-bond acceptors (Lipinski definition) is 2. The standard InChI is InChI=1S/C9H10Cl2N2O/c1-2-7-6(11)3-4-8(12-7)13-9(14)5-10/h3-4H,2,5H2,1H3,(H,12,13,14). The Kier molecular flexibility index (Phi) is 4.17. The lowest BCUT2D eigenvalue weighted by Crippen LogP contribution is -2.14. The lowest BCUT2D eigenvalue weighted by Gasteiger charge is -2.05. The third-order valence-electron chi connectivity index (χ3n) is 1.64. The maximum absolute atomic E-state index is 10.9. The molecule has 14 heavy (non-hydrogen) atoms. The van der Waals surface area contributed by atoms with E-state index in [4.69, 9.17) is 23.2 Å². The fourth-order valence-electron chi connectivity index (χ4n) is 0.978. The average molecular weight is 233 g/mol. The maximum Gasteiger partial charge on any atom is 0.240 e. The topological polar surface area (TPSA) is 42.0 Å². The van der Waals surface area contributed by atoms with Crippen LogP contribution in [0.3, 0.4) is 0 Å². The van der Waals surface area contributed by atoms with Gasteiger partial charge in [-0.3, -0.25) is 4.79 Å². The van der Waals surface area contributed by atoms with Crippen LogP contribution in [0.1, 0.15) is 12.6 Å². The van der Waals surface area contributed by atoms with Gasteiger partial charge in [0.15, 0.2) is 0 Å². The van der Waals surface area contributed by atoms with Gasteiger partial charge in [0.25, 0.3) is 0 Å². The molecule has 76 valence electrons. The highest BCUT2D eigenvalue weighted by Gasteiger charge is 2.04. The number of halogens is 2. The van der Waals surface area contributed by atoms with Gasteiger partial charge in [0, 0.05) is 0 Å². The highest BCUT2D eigenvalue weighted by molar-refractivity contribution is 6.31. The zero-order valence-corrected chi connectivity index (χ0v) is 9.19. The normalized spacial score (nSPS) is 9.93. The minimum atomic E-state index is -0.274. The van der Waals surface area contributed by atoms with Crippen LogP contribution in [0.2, 0.25) is 5.02 Å². The van der Waals surface area contributed by atoms with E-state index in [-0.39, 0.29) is 11.8 Å². The van der Waals surface area contributed by atoms with Crippen molar-refractivity contribution in [3.8, 4) is 0 Å². The second kappa shape index (κ2) is 5.17. The van der Waals surface area contributed by atoms with E-state index in [1.54, 1.807) is 12.1 Å². The molecule has 0 saturated carbocycles. The summed E-state index contributed by atoms with van der Waals surface area (Å²) in [5.74, 6) is 0.131. The van der Waals surface area contributed by atoms with Crippen molar-refractivity contribution in [2.24, 2.45) is 0 Å². The summed E-state index contributed by atoms with van der Waals surface area (Å²) < 4.78 is 0. The molecule has 0 aliphatic heterocycles. The van der Waals surface area contributed by atoms with Crippen molar-refractivity contribution in [1.29, 1.82) is 0 Å². The molecule has 0 aliphatic carbocycles. The second-order valence-electron chi connectivity index (χ2n) is 2.66. The van der Waals surface area contributed by atoms with Crippen molar-refractivity contribution in [1.82, 2.24) is 4.98 Å². The molecule has 0 aliphatic rings. The van der Waals surface area contributed by atoms with Gasteiger partial charge in [-0.1, -0.05) is 18.5 Å². The van der Waals surface area contributed by atoms with Crippen molar-refractivity contribution in [2.75, 3.05) is 11.2 Å². The van der Waals surface area contributed by atoms with E-state index >= 15 is 0 Å². The first-order chi connectivity index (χ1) is 6.67. The van der Waals surface area contributed by atoms with Crippen LogP contribution in [0.5, 0.6) is 0 Å². The summed E-state index contributed by atoms with van der Waals surface area (Å²) in [5, 5.41) is 3.16. The average Bonchev–Trinajstić information content (AvgIpc) is 2.20. The molecule has 3 nitrogen and oxygen atoms in total. The van der Waals surface area contributed by atoms with E-state index in [9.17, 15) is 4.79 Å². The molecule has 0 bridgehead atoms. The van der Waals surface area contributed by atoms with Crippen LogP contribution in [0, 0.1) is 0 Å². The quantitative estimate of drug-likeness (QED) is 0.815. The molecule has 0 atom stereocenters. The first kappa shape index (κ1) is 11.3. The minimum Gasteiger partial charge on any atom is -0.310 e. The van der Waals surface area contributed by atoms with Gasteiger partial charge in [0.05, 0.1) is 10.7 Å². The van der Waals surface area contributed by atoms with E-state index in [0.717, 1.165) is 12.1 Å². The highest BCUT2D eigenvalue weighted by Crippen LogP contribution is 2.16. The molecule has 5 heteroatoms. The Morgan fingerprint density at radius 3 is 2.86 bits per heavy atom. The molecule has 0 aromatic carbocycles. The van der Waals surface area contributed by atoms with E-state index in [1.807, 2.05) is 6.92 Å². The van der Waals surface area contributed by atoms with Gasteiger partial charge < -0.3 is 5.32 Å². The number of aromatic nitrogens is 1. The summed E-state index contributed by atoms with van der Waals surface area (Å²) >= 11 is 11.2. The number of rotatable bonds is 3. The smallest absolute Gasteiger partial charge is 0.240 e. The SMILES string of the molecule is CCc1nc(NC(=O)CCl)ccc1Cl. The van der Waals surface area contributed by atoms with Crippen molar-refractivity contribution in [3.63, 3.8) is 0 Å². The molecular weight excluding hydrogens is 223 g/mol. The molecule has 0 spiro atoms. The number of hydrogen-bond donors (Lipinski definition) is 1. The van der Waals surface area contributed by atoms with Crippen molar-refractivity contribution >= 4 is 34.9 Å². The van der Waals surface area contributed by atoms with Gasteiger partial charge >= 0.3 is 0 Å². The summed E-state index contributed by atoms with van der Waals surface area (Å²) in [5.41, 5.74) is 0.763. The largest absolute Gasteiger partial charge is 0.310 e. The number of carbonyl (C=O) groups excluding carboxylic acids is 1. The van der Waals surface area contributed by atoms with E-state index in [1.165, 1.54) is 0 Å². The maximum atomic E-state index is 10.9. The van der Waals surface area contributed by atoms with Crippen LogP contribution in [0.15, 0.2) is 12.1 Å². The predicted molar refractivity (Wildman–Crippen MR) is 58.0 cm³/mol. The van der Waals surface area contributed by atoms with Crippen LogP contribution >= 0.6 is 23.2 Å². The van der Waals surface area contributed by atoms with Crippen LogP contribution in [-0.2, 0) is 11.2 Å². The van der Waals surface area contributed by atoms with Gasteiger partial charge in [0.2, 0.25) is 5.91 Å². The van der Waals surface area contributed by atoms with Gasteiger partial charge in [-0.05, 0) is 18.6 Å². The molecule has 1 rings (SSSR count). The summed E-state index contributed by atoms with van der Waals surface area (Å²) in [6, 6.07) is 3.35. The fourth-order valence-corrected chi connectivity index (χ4v) is 1.28. The number of nitrogens with one attached hydrogen (secondary N) is 1. The van der Waals surface area contributed by atoms with Crippen molar-refractivity contribution < 1.29 is 4.79 Å². The molecule has 0 unspecified atom stereocenters. The Balaban J connectivity index is 2.84. The van der Waals surface area contributed by atoms with Crippen LogP contribution in [0.4, 0.5) is 5.82 Å². The molecule has 0 saturated heterocycles. The number of carbonyl (C=O) groups is 1. The monoisotopic (exact) mass is 232 g/mol. The number of amides is 1. The molecule has 1 heterocycles. The lowest BCUT2D eigenvalue weighted by atomic mass is 10.3. The fraction of sp³-hybridized carbons (Fsp3) is 0.333. The van der Waals surface area contributed by atoms with Gasteiger partial charge in [-0.2, -0.15) is 0 Å². The lowest BCUT2D eigenvalue weighted by molar-refractivity contribution is -0.113. The van der Waals surface area contributed by atoms with Crippen LogP contribution < -0.4 is 5.32 Å². The van der Waals surface area contributed by atoms with Gasteiger partial charge in [0.1, 0.15) is 11.7 Å². The number of anilines is 1. The minimum absolute atomic E-state index is 0.0776. The number of alkyl halides is 1. The molecule has 0 radical (unpaired) electrons. The molecule has 0 fully saturated rings. The Labute approximate surface area is 92.4 Å². The van der Waals surface area contributed by atoms with E-state index < -0.39 is 0 Å². The van der Waals surface area contributed by atoms with Gasteiger partial charge in [-0.15, -0.1) is 11.6 Å². The predicted octanol–water partition coefficient (Wildman–Crippen LogP) is 2.47. The number of nitrogens with zero attached hydrogens (tertiary/aromatic N) is 1. The zero-order chi connectivity index (χ0) is 10.6. The summed E-state index contributed by atoms with van der Waals surface area (Å²) in [4.78, 5) is 15.1. The Hall–Kier alpha value is -0.800. The Bertz CT molecular complexity index is 342. The summed E-state index contributed by atoms with van der Waals surface area (Å²) in [6.45, 7) is 1.95. The molecular formula is C9H10Cl2N2O. The number of aryl methyl sites for hydroxylation is 1. The summed E-state index contributed by atoms with van der Waals surface area (Å²) in [7, 11) is 0. The third-order valence-corrected chi connectivity index (χ3v) is 2.23. The second-order valence-corrected chi connectivity index (χ2v) is 3.33. The van der Waals surface area contributed by atoms with E-state index in [2.05, 4.69) is 10.3 Å². The van der Waals surface area contributed by atoms with Crippen LogP contribution in [0.25, 0.3) is 0 Å². The van der Waals surface area contributed by atoms with Crippen LogP contribution in [-0.4, -0.2) is 16.8 Å². The molecule has 1 aromatic heterocycles. The van der Waals surface area contributed by atoms with Crippen molar-refractivity contribution in [3.05, 3.63) is 22.8 Å². The first-order valence-corrected chi connectivity index (χ1v) is 5.09. The highest BCUT2D eigenvalue weighted by atomic mass is 35.5. The Morgan fingerprint density at radius 1 is 1.57 bits per heavy atom. The molecule has 1 aromatic rings. The summed E-state index contributed by atoms with van der Waals surface area (Å²) in [6.07, 6.45) is 0.726. The molecule has 1 amide bonds. The van der Waals surface area contributed by atoms with E-state index in [0.29, 0.717) is 10.8 Å². The van der Waals surface area contributed by atoms with Crippen molar-refractivity contribution in [2.45, 2.75) is 13.3 Å². The first-order valence-electron chi connectivity index (χ1n) is 4.18. The van der Waals surface area contributed by atoms with Gasteiger partial charge in [-0.25, -0.2) is 4.98 Å². The third kappa shape index (κ3) is 2.86.